The molecule has 3 rings (SSSR count). The molecule has 1 aliphatic heterocycles. The van der Waals surface area contributed by atoms with Crippen LogP contribution < -0.4 is 15.5 Å². The van der Waals surface area contributed by atoms with Gasteiger partial charge < -0.3 is 15.5 Å². The van der Waals surface area contributed by atoms with Gasteiger partial charge in [-0.05, 0) is 50.1 Å². The molecule has 0 spiro atoms. The standard InChI is InChI=1S/C23H27FN4O3/c1-4-27(19-8-6-5-7-16(19)2)14-13-25-20(29)15-28-21(30)23(3,26-22(28)31)17-9-11-18(24)12-10-17/h5-12H,4,13-15H2,1-3H3,(H,25,29)(H,26,31). The summed E-state index contributed by atoms with van der Waals surface area (Å²) in [5.41, 5.74) is 1.36. The maximum absolute atomic E-state index is 13.2. The van der Waals surface area contributed by atoms with Gasteiger partial charge in [-0.3, -0.25) is 14.5 Å². The van der Waals surface area contributed by atoms with Gasteiger partial charge in [-0.1, -0.05) is 30.3 Å². The minimum absolute atomic E-state index is 0.375. The van der Waals surface area contributed by atoms with Crippen LogP contribution in [0.2, 0.25) is 0 Å². The van der Waals surface area contributed by atoms with Gasteiger partial charge in [0.1, 0.15) is 17.9 Å². The Kier molecular flexibility index (Phi) is 6.58. The van der Waals surface area contributed by atoms with E-state index in [4.69, 9.17) is 0 Å². The molecule has 2 aromatic carbocycles. The first-order valence-corrected chi connectivity index (χ1v) is 10.2. The average Bonchev–Trinajstić information content (AvgIpc) is 2.96. The third-order valence-electron chi connectivity index (χ3n) is 5.54. The predicted molar refractivity (Wildman–Crippen MR) is 116 cm³/mol. The van der Waals surface area contributed by atoms with E-state index in [0.717, 1.165) is 22.7 Å². The van der Waals surface area contributed by atoms with Crippen molar-refractivity contribution in [3.63, 3.8) is 0 Å². The molecule has 0 radical (unpaired) electrons. The van der Waals surface area contributed by atoms with Crippen molar-refractivity contribution in [2.24, 2.45) is 0 Å². The van der Waals surface area contributed by atoms with Crippen LogP contribution in [-0.2, 0) is 15.1 Å². The van der Waals surface area contributed by atoms with E-state index in [-0.39, 0.29) is 6.54 Å². The summed E-state index contributed by atoms with van der Waals surface area (Å²) >= 11 is 0. The fourth-order valence-electron chi connectivity index (χ4n) is 3.72. The number of amides is 4. The lowest BCUT2D eigenvalue weighted by molar-refractivity contribution is -0.134. The minimum atomic E-state index is -1.34. The maximum atomic E-state index is 13.2. The molecule has 31 heavy (non-hydrogen) atoms. The number of likely N-dealkylation sites (N-methyl/N-ethyl adjacent to an activating group) is 1. The smallest absolute Gasteiger partial charge is 0.325 e. The van der Waals surface area contributed by atoms with Crippen molar-refractivity contribution >= 4 is 23.5 Å². The lowest BCUT2D eigenvalue weighted by Gasteiger charge is -2.25. The Balaban J connectivity index is 1.58. The van der Waals surface area contributed by atoms with Crippen LogP contribution >= 0.6 is 0 Å². The molecule has 164 valence electrons. The molecule has 4 amide bonds. The second kappa shape index (κ2) is 9.16. The lowest BCUT2D eigenvalue weighted by Crippen LogP contribution is -2.44. The van der Waals surface area contributed by atoms with Gasteiger partial charge in [0.2, 0.25) is 5.91 Å². The van der Waals surface area contributed by atoms with Crippen LogP contribution in [0.15, 0.2) is 48.5 Å². The zero-order valence-electron chi connectivity index (χ0n) is 17.9. The van der Waals surface area contributed by atoms with Crippen LogP contribution in [-0.4, -0.2) is 48.9 Å². The molecule has 0 aromatic heterocycles. The molecule has 2 aromatic rings. The summed E-state index contributed by atoms with van der Waals surface area (Å²) in [7, 11) is 0. The van der Waals surface area contributed by atoms with Crippen molar-refractivity contribution < 1.29 is 18.8 Å². The van der Waals surface area contributed by atoms with Gasteiger partial charge in [-0.2, -0.15) is 0 Å². The Hall–Kier alpha value is -3.42. The van der Waals surface area contributed by atoms with E-state index >= 15 is 0 Å². The molecule has 0 aliphatic carbocycles. The fraction of sp³-hybridized carbons (Fsp3) is 0.348. The molecule has 1 fully saturated rings. The van der Waals surface area contributed by atoms with Gasteiger partial charge >= 0.3 is 6.03 Å². The summed E-state index contributed by atoms with van der Waals surface area (Å²) in [4.78, 5) is 40.7. The zero-order valence-corrected chi connectivity index (χ0v) is 17.9. The summed E-state index contributed by atoms with van der Waals surface area (Å²) in [5.74, 6) is -1.41. The highest BCUT2D eigenvalue weighted by Crippen LogP contribution is 2.28. The summed E-state index contributed by atoms with van der Waals surface area (Å²) in [6.45, 7) is 6.99. The first kappa shape index (κ1) is 22.3. The number of hydrogen-bond acceptors (Lipinski definition) is 4. The highest BCUT2D eigenvalue weighted by Gasteiger charge is 2.49. The first-order chi connectivity index (χ1) is 14.8. The topological polar surface area (TPSA) is 81.8 Å². The van der Waals surface area contributed by atoms with Crippen molar-refractivity contribution in [2.45, 2.75) is 26.3 Å². The van der Waals surface area contributed by atoms with Crippen molar-refractivity contribution in [1.29, 1.82) is 0 Å². The normalized spacial score (nSPS) is 18.1. The highest BCUT2D eigenvalue weighted by atomic mass is 19.1. The number of urea groups is 1. The van der Waals surface area contributed by atoms with Crippen molar-refractivity contribution in [3.05, 3.63) is 65.5 Å². The van der Waals surface area contributed by atoms with Crippen molar-refractivity contribution in [3.8, 4) is 0 Å². The molecule has 1 atom stereocenters. The number of hydrogen-bond donors (Lipinski definition) is 2. The monoisotopic (exact) mass is 426 g/mol. The largest absolute Gasteiger partial charge is 0.370 e. The van der Waals surface area contributed by atoms with E-state index < -0.39 is 29.2 Å². The quantitative estimate of drug-likeness (QED) is 0.636. The maximum Gasteiger partial charge on any atom is 0.325 e. The van der Waals surface area contributed by atoms with Crippen molar-refractivity contribution in [1.82, 2.24) is 15.5 Å². The summed E-state index contributed by atoms with van der Waals surface area (Å²) < 4.78 is 13.2. The molecular formula is C23H27FN4O3. The highest BCUT2D eigenvalue weighted by molar-refractivity contribution is 6.09. The number of para-hydroxylation sites is 1. The lowest BCUT2D eigenvalue weighted by atomic mass is 9.92. The van der Waals surface area contributed by atoms with Crippen LogP contribution in [0.1, 0.15) is 25.0 Å². The number of anilines is 1. The zero-order chi connectivity index (χ0) is 22.6. The number of benzene rings is 2. The Labute approximate surface area is 181 Å². The average molecular weight is 426 g/mol. The fourth-order valence-corrected chi connectivity index (χ4v) is 3.72. The van der Waals surface area contributed by atoms with E-state index in [9.17, 15) is 18.8 Å². The SMILES string of the molecule is CCN(CCNC(=O)CN1C(=O)NC(C)(c2ccc(F)cc2)C1=O)c1ccccc1C. The second-order valence-electron chi connectivity index (χ2n) is 7.67. The van der Waals surface area contributed by atoms with Gasteiger partial charge in [0.05, 0.1) is 0 Å². The molecule has 1 heterocycles. The van der Waals surface area contributed by atoms with Crippen molar-refractivity contribution in [2.75, 3.05) is 31.1 Å². The van der Waals surface area contributed by atoms with E-state index in [0.29, 0.717) is 18.7 Å². The van der Waals surface area contributed by atoms with Crippen LogP contribution in [0.5, 0.6) is 0 Å². The number of rotatable bonds is 8. The second-order valence-corrected chi connectivity index (χ2v) is 7.67. The molecule has 8 heteroatoms. The van der Waals surface area contributed by atoms with E-state index in [1.807, 2.05) is 38.1 Å². The number of carbonyl (C=O) groups excluding carboxylic acids is 3. The number of aryl methyl sites for hydroxylation is 1. The summed E-state index contributed by atoms with van der Waals surface area (Å²) in [6.07, 6.45) is 0. The van der Waals surface area contributed by atoms with E-state index in [1.165, 1.54) is 24.3 Å². The van der Waals surface area contributed by atoms with Gasteiger partial charge in [-0.15, -0.1) is 0 Å². The molecular weight excluding hydrogens is 399 g/mol. The van der Waals surface area contributed by atoms with Crippen LogP contribution in [0.25, 0.3) is 0 Å². The molecule has 1 aliphatic rings. The third-order valence-corrected chi connectivity index (χ3v) is 5.54. The third kappa shape index (κ3) is 4.68. The number of imide groups is 1. The van der Waals surface area contributed by atoms with Gasteiger partial charge in [-0.25, -0.2) is 9.18 Å². The Bertz CT molecular complexity index is 979. The number of halogens is 1. The first-order valence-electron chi connectivity index (χ1n) is 10.2. The number of nitrogens with one attached hydrogen (secondary N) is 2. The van der Waals surface area contributed by atoms with Crippen LogP contribution in [0.4, 0.5) is 14.9 Å². The molecule has 1 unspecified atom stereocenters. The summed E-state index contributed by atoms with van der Waals surface area (Å²) in [5, 5.41) is 5.38. The molecule has 1 saturated heterocycles. The van der Waals surface area contributed by atoms with Crippen LogP contribution in [0.3, 0.4) is 0 Å². The molecule has 0 bridgehead atoms. The van der Waals surface area contributed by atoms with Crippen LogP contribution in [0, 0.1) is 12.7 Å². The van der Waals surface area contributed by atoms with E-state index in [1.54, 1.807) is 6.92 Å². The number of nitrogens with zero attached hydrogens (tertiary/aromatic N) is 2. The number of carbonyl (C=O) groups is 3. The molecule has 2 N–H and O–H groups in total. The summed E-state index contributed by atoms with van der Waals surface area (Å²) in [6, 6.07) is 12.7. The van der Waals surface area contributed by atoms with Gasteiger partial charge in [0.15, 0.2) is 0 Å². The molecule has 0 saturated carbocycles. The predicted octanol–water partition coefficient (Wildman–Crippen LogP) is 2.54. The van der Waals surface area contributed by atoms with E-state index in [2.05, 4.69) is 15.5 Å². The Morgan fingerprint density at radius 2 is 1.84 bits per heavy atom. The van der Waals surface area contributed by atoms with Gasteiger partial charge in [0, 0.05) is 25.3 Å². The van der Waals surface area contributed by atoms with Gasteiger partial charge in [0.25, 0.3) is 5.91 Å². The molecule has 7 nitrogen and oxygen atoms in total. The minimum Gasteiger partial charge on any atom is -0.370 e. The Morgan fingerprint density at radius 3 is 2.48 bits per heavy atom. The Morgan fingerprint density at radius 1 is 1.16 bits per heavy atom.